The predicted octanol–water partition coefficient (Wildman–Crippen LogP) is 14.7. The lowest BCUT2D eigenvalue weighted by atomic mass is 9.67. The van der Waals surface area contributed by atoms with Crippen molar-refractivity contribution in [3.8, 4) is 51.0 Å². The number of hydrogen-bond acceptors (Lipinski definition) is 4. The van der Waals surface area contributed by atoms with Crippen LogP contribution >= 0.6 is 11.3 Å². The van der Waals surface area contributed by atoms with Crippen molar-refractivity contribution in [3.05, 3.63) is 240 Å². The highest BCUT2D eigenvalue weighted by molar-refractivity contribution is 7.26. The Morgan fingerprint density at radius 1 is 0.381 bits per heavy atom. The number of benzene rings is 9. The molecule has 9 aromatic carbocycles. The van der Waals surface area contributed by atoms with Gasteiger partial charge in [0.05, 0.1) is 71.5 Å². The molecule has 3 aromatic heterocycles. The molecule has 1 aliphatic rings. The van der Waals surface area contributed by atoms with Gasteiger partial charge in [0.15, 0.2) is 17.5 Å². The summed E-state index contributed by atoms with van der Waals surface area (Å²) >= 11 is 0.505. The van der Waals surface area contributed by atoms with E-state index in [0.717, 1.165) is 0 Å². The molecule has 1 aliphatic carbocycles. The van der Waals surface area contributed by atoms with Crippen molar-refractivity contribution in [2.24, 2.45) is 0 Å². The van der Waals surface area contributed by atoms with Gasteiger partial charge >= 0.3 is 0 Å². The second kappa shape index (κ2) is 14.0. The largest absolute Gasteiger partial charge is 0.309 e. The molecule has 12 aromatic rings. The Morgan fingerprint density at radius 2 is 0.857 bits per heavy atom. The Hall–Kier alpha value is -7.99. The molecule has 4 nitrogen and oxygen atoms in total. The first-order chi connectivity index (χ1) is 46.2. The lowest BCUT2D eigenvalue weighted by Gasteiger charge is -2.33. The molecular formula is C58H36N4S. The highest BCUT2D eigenvalue weighted by Gasteiger charge is 2.47. The van der Waals surface area contributed by atoms with Crippen molar-refractivity contribution in [1.82, 2.24) is 19.5 Å². The van der Waals surface area contributed by atoms with E-state index in [-0.39, 0.29) is 14.8 Å². The second-order valence-corrected chi connectivity index (χ2v) is 14.6. The van der Waals surface area contributed by atoms with Crippen LogP contribution in [0.3, 0.4) is 0 Å². The standard InChI is InChI=1S/C58H36N4S/c1-3-19-37(20-4-1)58(38-21-5-2-6-22-38)47-31-12-7-26-43(47)53-45(29-18-32-48(53)58)56-59-55(60-57(61-56)46-30-17-28-42-41-25-11-16-36-52(41)63-54(42)46)44-27-10-15-35-51(44)62-49-33-13-8-23-39(49)40-24-9-14-34-50(40)62/h1-36H/i1D,2D,3D,4D,5D,6D,7D,8D,9D,10D,11D,12D,13D,14D,15D,16D,17D,18D,19D,20D,21D,22D,23D,24D,25D,26D,27D,28D,29D,30D,31D,32D,33D,34D,35D,36D. The van der Waals surface area contributed by atoms with E-state index in [1.165, 1.54) is 0 Å². The number of fused-ring (bicyclic) bond motifs is 9. The molecule has 63 heavy (non-hydrogen) atoms. The van der Waals surface area contributed by atoms with Gasteiger partial charge in [-0.1, -0.05) is 181 Å². The van der Waals surface area contributed by atoms with E-state index in [1.54, 1.807) is 0 Å². The van der Waals surface area contributed by atoms with Crippen molar-refractivity contribution < 1.29 is 49.3 Å². The molecule has 0 saturated heterocycles. The van der Waals surface area contributed by atoms with E-state index in [0.29, 0.717) is 15.9 Å². The molecule has 3 heterocycles. The molecule has 0 radical (unpaired) electrons. The van der Waals surface area contributed by atoms with Crippen LogP contribution in [0.4, 0.5) is 0 Å². The Morgan fingerprint density at radius 3 is 1.57 bits per heavy atom. The van der Waals surface area contributed by atoms with Gasteiger partial charge in [-0.25, -0.2) is 15.0 Å². The van der Waals surface area contributed by atoms with Crippen LogP contribution in [-0.2, 0) is 5.41 Å². The van der Waals surface area contributed by atoms with Gasteiger partial charge in [-0.15, -0.1) is 11.3 Å². The molecule has 0 N–H and O–H groups in total. The molecule has 0 fully saturated rings. The molecule has 13 rings (SSSR count). The highest BCUT2D eigenvalue weighted by Crippen LogP contribution is 2.58. The third kappa shape index (κ3) is 5.24. The van der Waals surface area contributed by atoms with E-state index in [2.05, 4.69) is 4.98 Å². The van der Waals surface area contributed by atoms with E-state index in [1.807, 2.05) is 0 Å². The van der Waals surface area contributed by atoms with Crippen molar-refractivity contribution in [1.29, 1.82) is 0 Å². The van der Waals surface area contributed by atoms with Crippen LogP contribution < -0.4 is 0 Å². The first kappa shape index (κ1) is 15.1. The number of nitrogens with zero attached hydrogens (tertiary/aromatic N) is 4. The van der Waals surface area contributed by atoms with Gasteiger partial charge < -0.3 is 4.57 Å². The Balaban J connectivity index is 1.34. The molecule has 0 aliphatic heterocycles. The van der Waals surface area contributed by atoms with Gasteiger partial charge in [0, 0.05) is 47.6 Å². The minimum atomic E-state index is -3.42. The topological polar surface area (TPSA) is 43.6 Å². The van der Waals surface area contributed by atoms with E-state index in [4.69, 9.17) is 33.3 Å². The lowest BCUT2D eigenvalue weighted by molar-refractivity contribution is 0.768. The Kier molecular flexibility index (Phi) is 3.37. The highest BCUT2D eigenvalue weighted by atomic mass is 32.1. The summed E-state index contributed by atoms with van der Waals surface area (Å²) in [5.41, 5.74) is -14.9. The van der Waals surface area contributed by atoms with Crippen LogP contribution in [0.25, 0.3) is 93.0 Å². The molecule has 0 atom stereocenters. The summed E-state index contributed by atoms with van der Waals surface area (Å²) in [5.74, 6) is -3.27. The SMILES string of the molecule is [2H]c1c([2H])c([2H])c(C2(c3c([2H])c([2H])c([2H])c([2H])c3[2H])c3c([2H])c([2H])c([2H])c([2H])c3-c3c(-c4nc(-c5c([2H])c([2H])c([2H])c([2H])c5-n5c6c([2H])c([2H])c([2H])c([2H])c6c6c([2H])c([2H])c([2H])c([2H])c65)nc(-c5c([2H])c([2H])c([2H])c6c5sc5c([2H])c([2H])c([2H])c([2H])c56)n4)c([2H])c([2H])c([2H])c32)c([2H])c1[2H]. The molecule has 0 bridgehead atoms. The van der Waals surface area contributed by atoms with Crippen LogP contribution in [0.2, 0.25) is 0 Å². The fraction of sp³-hybridized carbons (Fsp3) is 0.0172. The molecular weight excluding hydrogens is 785 g/mol. The fourth-order valence-electron chi connectivity index (χ4n) is 7.99. The smallest absolute Gasteiger partial charge is 0.166 e. The van der Waals surface area contributed by atoms with Gasteiger partial charge in [-0.05, 0) is 69.6 Å². The monoisotopic (exact) mass is 856 g/mol. The zero-order valence-electron chi connectivity index (χ0n) is 67.2. The third-order valence-electron chi connectivity index (χ3n) is 10.5. The number of rotatable bonds is 6. The maximum absolute atomic E-state index is 10.0. The van der Waals surface area contributed by atoms with Gasteiger partial charge in [-0.3, -0.25) is 0 Å². The Labute approximate surface area is 418 Å². The van der Waals surface area contributed by atoms with Crippen LogP contribution in [0.5, 0.6) is 0 Å². The molecule has 0 amide bonds. The van der Waals surface area contributed by atoms with Crippen molar-refractivity contribution in [2.75, 3.05) is 0 Å². The second-order valence-electron chi connectivity index (χ2n) is 13.6. The number of hydrogen-bond donors (Lipinski definition) is 0. The third-order valence-corrected chi connectivity index (χ3v) is 11.6. The van der Waals surface area contributed by atoms with Crippen LogP contribution in [0, 0.1) is 0 Å². The molecule has 294 valence electrons. The number of para-hydroxylation sites is 3. The molecule has 0 unspecified atom stereocenters. The van der Waals surface area contributed by atoms with Gasteiger partial charge in [-0.2, -0.15) is 0 Å². The number of aromatic nitrogens is 4. The van der Waals surface area contributed by atoms with Gasteiger partial charge in [0.2, 0.25) is 0 Å². The van der Waals surface area contributed by atoms with E-state index < -0.39 is 323 Å². The zero-order valence-corrected chi connectivity index (χ0v) is 32.0. The van der Waals surface area contributed by atoms with Gasteiger partial charge in [0.1, 0.15) is 0 Å². The maximum atomic E-state index is 10.0. The number of thiophene rings is 1. The van der Waals surface area contributed by atoms with Crippen LogP contribution in [0.15, 0.2) is 218 Å². The van der Waals surface area contributed by atoms with Crippen molar-refractivity contribution in [2.45, 2.75) is 5.41 Å². The molecule has 0 saturated carbocycles. The molecule has 0 spiro atoms. The van der Waals surface area contributed by atoms with Crippen molar-refractivity contribution >= 4 is 53.3 Å². The quantitative estimate of drug-likeness (QED) is 0.167. The summed E-state index contributed by atoms with van der Waals surface area (Å²) in [5, 5.41) is -2.03. The summed E-state index contributed by atoms with van der Waals surface area (Å²) in [6.07, 6.45) is 0. The Bertz CT molecular complexity index is 5700. The van der Waals surface area contributed by atoms with Crippen LogP contribution in [0.1, 0.15) is 71.6 Å². The minimum Gasteiger partial charge on any atom is -0.309 e. The minimum absolute atomic E-state index is 0.274. The van der Waals surface area contributed by atoms with Crippen molar-refractivity contribution in [3.63, 3.8) is 0 Å². The zero-order chi connectivity index (χ0) is 72.8. The summed E-state index contributed by atoms with van der Waals surface area (Å²) < 4.78 is 333. The predicted molar refractivity (Wildman–Crippen MR) is 261 cm³/mol. The first-order valence-corrected chi connectivity index (χ1v) is 19.2. The van der Waals surface area contributed by atoms with E-state index in [9.17, 15) is 26.0 Å². The maximum Gasteiger partial charge on any atom is 0.166 e. The first-order valence-electron chi connectivity index (χ1n) is 36.4. The lowest BCUT2D eigenvalue weighted by Crippen LogP contribution is -2.28. The van der Waals surface area contributed by atoms with Crippen LogP contribution in [-0.4, -0.2) is 19.5 Å². The summed E-state index contributed by atoms with van der Waals surface area (Å²) in [6.45, 7) is 0. The summed E-state index contributed by atoms with van der Waals surface area (Å²) in [4.78, 5) is 14.1. The fourth-order valence-corrected chi connectivity index (χ4v) is 9.05. The normalized spacial score (nSPS) is 20.9. The summed E-state index contributed by atoms with van der Waals surface area (Å²) in [6, 6.07) is -38.7. The summed E-state index contributed by atoms with van der Waals surface area (Å²) in [7, 11) is 0. The van der Waals surface area contributed by atoms with E-state index >= 15 is 0 Å². The van der Waals surface area contributed by atoms with Gasteiger partial charge in [0.25, 0.3) is 0 Å². The average Bonchev–Trinajstić information content (AvgIpc) is 1.51. The average molecular weight is 857 g/mol. The molecule has 5 heteroatoms.